The van der Waals surface area contributed by atoms with Gasteiger partial charge in [0.05, 0.1) is 0 Å². The highest BCUT2D eigenvalue weighted by Crippen LogP contribution is 2.35. The molecular formula is C19H15N2O3S-. The van der Waals surface area contributed by atoms with Gasteiger partial charge in [0.1, 0.15) is 5.75 Å². The lowest BCUT2D eigenvalue weighted by molar-refractivity contribution is 0.396. The highest BCUT2D eigenvalue weighted by Gasteiger charge is 2.15. The number of amidine groups is 1. The Morgan fingerprint density at radius 3 is 2.28 bits per heavy atom. The minimum absolute atomic E-state index is 0.0487. The largest absolute Gasteiger partial charge is 0.507 e. The van der Waals surface area contributed by atoms with E-state index in [0.717, 1.165) is 22.9 Å². The molecular weight excluding hydrogens is 336 g/mol. The molecule has 6 heteroatoms. The molecule has 0 aromatic heterocycles. The van der Waals surface area contributed by atoms with Crippen LogP contribution in [0.2, 0.25) is 0 Å². The van der Waals surface area contributed by atoms with Gasteiger partial charge in [-0.05, 0) is 35.3 Å². The number of thiocarbonyl (C=S) groups is 1. The predicted molar refractivity (Wildman–Crippen MR) is 104 cm³/mol. The lowest BCUT2D eigenvalue weighted by atomic mass is 10.1. The number of fused-ring (bicyclic) bond motifs is 1. The fraction of sp³-hybridized carbons (Fsp3) is 0.0526. The highest BCUT2D eigenvalue weighted by atomic mass is 32.1. The smallest absolute Gasteiger partial charge is 0.161 e. The van der Waals surface area contributed by atoms with Crippen LogP contribution >= 0.6 is 12.2 Å². The Balaban J connectivity index is 2.18. The molecule has 3 N–H and O–H groups in total. The molecule has 0 saturated heterocycles. The van der Waals surface area contributed by atoms with Crippen LogP contribution in [0.25, 0.3) is 16.2 Å². The fourth-order valence-corrected chi connectivity index (χ4v) is 2.89. The van der Waals surface area contributed by atoms with Gasteiger partial charge in [-0.3, -0.25) is 0 Å². The normalized spacial score (nSPS) is 10.6. The van der Waals surface area contributed by atoms with Gasteiger partial charge in [0, 0.05) is 16.6 Å². The summed E-state index contributed by atoms with van der Waals surface area (Å²) >= 11 is 5.29. The van der Waals surface area contributed by atoms with Crippen LogP contribution in [-0.4, -0.2) is 26.1 Å². The van der Waals surface area contributed by atoms with Crippen molar-refractivity contribution in [3.63, 3.8) is 0 Å². The SMILES string of the molecule is CC(=S)N(C(=[N-])c1cc(O)c(O)cc1O)c1cccc2ccccc12. The van der Waals surface area contributed by atoms with Gasteiger partial charge in [-0.25, -0.2) is 0 Å². The van der Waals surface area contributed by atoms with Gasteiger partial charge < -0.3 is 25.6 Å². The number of phenolic OH excluding ortho intramolecular Hbond substituents is 3. The maximum absolute atomic E-state index is 10.8. The van der Waals surface area contributed by atoms with Crippen molar-refractivity contribution in [2.24, 2.45) is 0 Å². The number of anilines is 1. The predicted octanol–water partition coefficient (Wildman–Crippen LogP) is 4.13. The summed E-state index contributed by atoms with van der Waals surface area (Å²) in [7, 11) is 0. The molecule has 3 rings (SSSR count). The van der Waals surface area contributed by atoms with E-state index in [2.05, 4.69) is 0 Å². The Hall–Kier alpha value is -3.12. The maximum Gasteiger partial charge on any atom is 0.161 e. The van der Waals surface area contributed by atoms with Crippen molar-refractivity contribution in [2.75, 3.05) is 4.90 Å². The number of nitrogens with zero attached hydrogens (tertiary/aromatic N) is 2. The van der Waals surface area contributed by atoms with Crippen LogP contribution in [0.15, 0.2) is 54.6 Å². The third kappa shape index (κ3) is 2.99. The van der Waals surface area contributed by atoms with Gasteiger partial charge >= 0.3 is 0 Å². The number of hydrogen-bond donors (Lipinski definition) is 3. The lowest BCUT2D eigenvalue weighted by Gasteiger charge is -2.35. The van der Waals surface area contributed by atoms with Crippen LogP contribution in [0.5, 0.6) is 17.2 Å². The van der Waals surface area contributed by atoms with E-state index in [1.54, 1.807) is 13.0 Å². The van der Waals surface area contributed by atoms with Crippen LogP contribution in [0.3, 0.4) is 0 Å². The summed E-state index contributed by atoms with van der Waals surface area (Å²) < 4.78 is 0. The molecule has 0 aliphatic heterocycles. The minimum Gasteiger partial charge on any atom is -0.507 e. The van der Waals surface area contributed by atoms with E-state index in [4.69, 9.17) is 12.2 Å². The Morgan fingerprint density at radius 1 is 0.920 bits per heavy atom. The first kappa shape index (κ1) is 16.7. The standard InChI is InChI=1S/C19H15N2O3S/c1-11(25)21(15-8-4-6-12-5-2-3-7-13(12)15)19(20)14-9-17(23)18(24)10-16(14)22/h2-10,22-24H,1H3/q-1. The summed E-state index contributed by atoms with van der Waals surface area (Å²) in [5.74, 6) is -1.67. The molecule has 0 aliphatic carbocycles. The van der Waals surface area contributed by atoms with Crippen molar-refractivity contribution >= 4 is 39.5 Å². The Labute approximate surface area is 149 Å². The van der Waals surface area contributed by atoms with E-state index in [1.807, 2.05) is 36.4 Å². The highest BCUT2D eigenvalue weighted by molar-refractivity contribution is 7.80. The van der Waals surface area contributed by atoms with Crippen LogP contribution in [0, 0.1) is 0 Å². The summed E-state index contributed by atoms with van der Waals surface area (Å²) in [6.45, 7) is 1.64. The average Bonchev–Trinajstić information content (AvgIpc) is 2.58. The zero-order valence-electron chi connectivity index (χ0n) is 13.3. The summed E-state index contributed by atoms with van der Waals surface area (Å²) in [6.07, 6.45) is 0. The Bertz CT molecular complexity index is 996. The third-order valence-electron chi connectivity index (χ3n) is 3.87. The molecule has 0 saturated carbocycles. The summed E-state index contributed by atoms with van der Waals surface area (Å²) in [6, 6.07) is 15.2. The second kappa shape index (κ2) is 6.41. The number of phenols is 3. The first-order valence-electron chi connectivity index (χ1n) is 7.50. The van der Waals surface area contributed by atoms with Crippen molar-refractivity contribution in [3.05, 3.63) is 65.6 Å². The first-order valence-corrected chi connectivity index (χ1v) is 7.90. The molecule has 0 aliphatic rings. The minimum atomic E-state index is -0.482. The van der Waals surface area contributed by atoms with Crippen LogP contribution in [0.1, 0.15) is 12.5 Å². The van der Waals surface area contributed by atoms with Crippen LogP contribution in [-0.2, 0) is 0 Å². The van der Waals surface area contributed by atoms with Gasteiger partial charge in [0.2, 0.25) is 0 Å². The second-order valence-corrected chi connectivity index (χ2v) is 6.13. The van der Waals surface area contributed by atoms with Crippen molar-refractivity contribution in [2.45, 2.75) is 6.92 Å². The summed E-state index contributed by atoms with van der Waals surface area (Å²) in [4.78, 5) is 1.75. The monoisotopic (exact) mass is 351 g/mol. The number of benzene rings is 3. The molecule has 0 atom stereocenters. The van der Waals surface area contributed by atoms with Gasteiger partial charge in [0.15, 0.2) is 11.5 Å². The Kier molecular flexibility index (Phi) is 4.29. The maximum atomic E-state index is 10.8. The van der Waals surface area contributed by atoms with Gasteiger partial charge in [-0.1, -0.05) is 54.7 Å². The molecule has 0 amide bonds. The van der Waals surface area contributed by atoms with Gasteiger partial charge in [0.25, 0.3) is 0 Å². The van der Waals surface area contributed by atoms with E-state index in [-0.39, 0.29) is 17.1 Å². The van der Waals surface area contributed by atoms with Crippen molar-refractivity contribution in [1.82, 2.24) is 0 Å². The van der Waals surface area contributed by atoms with Crippen molar-refractivity contribution < 1.29 is 15.3 Å². The van der Waals surface area contributed by atoms with E-state index < -0.39 is 11.5 Å². The van der Waals surface area contributed by atoms with Crippen molar-refractivity contribution in [1.29, 1.82) is 0 Å². The first-order chi connectivity index (χ1) is 11.9. The molecule has 0 radical (unpaired) electrons. The molecule has 3 aromatic carbocycles. The summed E-state index contributed by atoms with van der Waals surface area (Å²) in [5, 5.41) is 41.8. The number of hydrogen-bond acceptors (Lipinski definition) is 4. The third-order valence-corrected chi connectivity index (χ3v) is 4.05. The molecule has 0 spiro atoms. The zero-order chi connectivity index (χ0) is 18.1. The second-order valence-electron chi connectivity index (χ2n) is 5.53. The molecule has 0 fully saturated rings. The fourth-order valence-electron chi connectivity index (χ4n) is 2.70. The van der Waals surface area contributed by atoms with Gasteiger partial charge in [-0.2, -0.15) is 0 Å². The molecule has 5 nitrogen and oxygen atoms in total. The molecule has 3 aromatic rings. The van der Waals surface area contributed by atoms with E-state index in [1.165, 1.54) is 4.90 Å². The number of aromatic hydroxyl groups is 3. The van der Waals surface area contributed by atoms with Crippen LogP contribution < -0.4 is 4.90 Å². The number of rotatable bonds is 2. The average molecular weight is 351 g/mol. The topological polar surface area (TPSA) is 86.2 Å². The molecule has 126 valence electrons. The molecule has 0 heterocycles. The van der Waals surface area contributed by atoms with Gasteiger partial charge in [-0.15, -0.1) is 0 Å². The molecule has 25 heavy (non-hydrogen) atoms. The lowest BCUT2D eigenvalue weighted by Crippen LogP contribution is -2.34. The Morgan fingerprint density at radius 2 is 1.56 bits per heavy atom. The summed E-state index contributed by atoms with van der Waals surface area (Å²) in [5.41, 5.74) is 0.586. The van der Waals surface area contributed by atoms with Crippen molar-refractivity contribution in [3.8, 4) is 17.2 Å². The zero-order valence-corrected chi connectivity index (χ0v) is 14.2. The van der Waals surface area contributed by atoms with E-state index in [9.17, 15) is 20.7 Å². The molecule has 0 unspecified atom stereocenters. The van der Waals surface area contributed by atoms with E-state index in [0.29, 0.717) is 10.7 Å². The van der Waals surface area contributed by atoms with Crippen LogP contribution in [0.4, 0.5) is 5.69 Å². The van der Waals surface area contributed by atoms with E-state index >= 15 is 0 Å². The quantitative estimate of drug-likeness (QED) is 0.212. The molecule has 0 bridgehead atoms.